The van der Waals surface area contributed by atoms with Gasteiger partial charge < -0.3 is 9.73 Å². The molecule has 0 fully saturated rings. The van der Waals surface area contributed by atoms with Crippen molar-refractivity contribution in [2.75, 3.05) is 0 Å². The summed E-state index contributed by atoms with van der Waals surface area (Å²) in [6, 6.07) is 10.1. The van der Waals surface area contributed by atoms with Gasteiger partial charge in [-0.25, -0.2) is 0 Å². The van der Waals surface area contributed by atoms with Crippen molar-refractivity contribution < 1.29 is 4.42 Å². The van der Waals surface area contributed by atoms with Gasteiger partial charge in [0, 0.05) is 11.1 Å². The zero-order valence-electron chi connectivity index (χ0n) is 10.0. The van der Waals surface area contributed by atoms with Gasteiger partial charge >= 0.3 is 0 Å². The Labute approximate surface area is 107 Å². The summed E-state index contributed by atoms with van der Waals surface area (Å²) in [5.74, 6) is 0.985. The molecule has 1 unspecified atom stereocenters. The van der Waals surface area contributed by atoms with E-state index in [2.05, 4.69) is 18.3 Å². The Hall–Kier alpha value is -1.25. The van der Waals surface area contributed by atoms with Gasteiger partial charge in [-0.3, -0.25) is 0 Å². The van der Waals surface area contributed by atoms with Gasteiger partial charge in [0.05, 0.1) is 12.8 Å². The normalized spacial score (nSPS) is 12.6. The molecule has 0 saturated carbocycles. The molecule has 3 heteroatoms. The second-order valence-corrected chi connectivity index (χ2v) is 4.62. The second kappa shape index (κ2) is 5.39. The van der Waals surface area contributed by atoms with Crippen LogP contribution in [0.3, 0.4) is 0 Å². The first-order valence-corrected chi connectivity index (χ1v) is 6.06. The average Bonchev–Trinajstić information content (AvgIpc) is 2.72. The third-order valence-electron chi connectivity index (χ3n) is 2.89. The topological polar surface area (TPSA) is 25.2 Å². The zero-order chi connectivity index (χ0) is 12.3. The predicted octanol–water partition coefficient (Wildman–Crippen LogP) is 4.09. The number of furan rings is 1. The van der Waals surface area contributed by atoms with Crippen molar-refractivity contribution in [2.24, 2.45) is 0 Å². The van der Waals surface area contributed by atoms with Gasteiger partial charge in [-0.15, -0.1) is 0 Å². The summed E-state index contributed by atoms with van der Waals surface area (Å²) >= 11 is 5.97. The van der Waals surface area contributed by atoms with Crippen LogP contribution in [0.5, 0.6) is 0 Å². The Morgan fingerprint density at radius 3 is 2.82 bits per heavy atom. The van der Waals surface area contributed by atoms with Crippen LogP contribution in [0.2, 0.25) is 5.02 Å². The van der Waals surface area contributed by atoms with Gasteiger partial charge in [0.15, 0.2) is 0 Å². The number of hydrogen-bond donors (Lipinski definition) is 1. The predicted molar refractivity (Wildman–Crippen MR) is 70.2 cm³/mol. The first kappa shape index (κ1) is 12.2. The molecule has 1 aromatic heterocycles. The largest absolute Gasteiger partial charge is 0.468 e. The fourth-order valence-corrected chi connectivity index (χ4v) is 1.92. The van der Waals surface area contributed by atoms with Crippen LogP contribution in [0.25, 0.3) is 0 Å². The van der Waals surface area contributed by atoms with E-state index in [1.807, 2.05) is 31.2 Å². The summed E-state index contributed by atoms with van der Waals surface area (Å²) in [5.41, 5.74) is 2.36. The lowest BCUT2D eigenvalue weighted by atomic mass is 10.1. The molecule has 0 aliphatic rings. The highest BCUT2D eigenvalue weighted by molar-refractivity contribution is 6.30. The van der Waals surface area contributed by atoms with E-state index in [9.17, 15) is 0 Å². The van der Waals surface area contributed by atoms with Crippen molar-refractivity contribution in [1.29, 1.82) is 0 Å². The first-order chi connectivity index (χ1) is 8.16. The molecule has 1 N–H and O–H groups in total. The molecule has 2 rings (SSSR count). The Morgan fingerprint density at radius 1 is 1.35 bits per heavy atom. The molecule has 0 aliphatic heterocycles. The van der Waals surface area contributed by atoms with Crippen molar-refractivity contribution >= 4 is 11.6 Å². The number of halogens is 1. The van der Waals surface area contributed by atoms with Crippen LogP contribution in [0, 0.1) is 6.92 Å². The minimum Gasteiger partial charge on any atom is -0.468 e. The molecule has 17 heavy (non-hydrogen) atoms. The standard InChI is InChI=1S/C14H16ClNO/c1-10-6-7-17-14(10)9-16-11(2)12-4-3-5-13(15)8-12/h3-8,11,16H,9H2,1-2H3. The van der Waals surface area contributed by atoms with E-state index >= 15 is 0 Å². The average molecular weight is 250 g/mol. The molecular weight excluding hydrogens is 234 g/mol. The minimum absolute atomic E-state index is 0.248. The lowest BCUT2D eigenvalue weighted by Gasteiger charge is -2.13. The second-order valence-electron chi connectivity index (χ2n) is 4.18. The molecule has 0 radical (unpaired) electrons. The maximum Gasteiger partial charge on any atom is 0.120 e. The summed E-state index contributed by atoms with van der Waals surface area (Å²) < 4.78 is 5.39. The van der Waals surface area contributed by atoms with Gasteiger partial charge in [0.25, 0.3) is 0 Å². The molecule has 1 heterocycles. The van der Waals surface area contributed by atoms with E-state index in [-0.39, 0.29) is 6.04 Å². The van der Waals surface area contributed by atoms with Crippen LogP contribution >= 0.6 is 11.6 Å². The van der Waals surface area contributed by atoms with Crippen LogP contribution in [0.4, 0.5) is 0 Å². The zero-order valence-corrected chi connectivity index (χ0v) is 10.8. The van der Waals surface area contributed by atoms with Crippen molar-refractivity contribution in [2.45, 2.75) is 26.4 Å². The SMILES string of the molecule is Cc1ccoc1CNC(C)c1cccc(Cl)c1. The number of rotatable bonds is 4. The molecular formula is C14H16ClNO. The van der Waals surface area contributed by atoms with Gasteiger partial charge in [-0.05, 0) is 43.2 Å². The third-order valence-corrected chi connectivity index (χ3v) is 3.12. The summed E-state index contributed by atoms with van der Waals surface area (Å²) in [7, 11) is 0. The highest BCUT2D eigenvalue weighted by Gasteiger charge is 2.07. The molecule has 0 saturated heterocycles. The van der Waals surface area contributed by atoms with Crippen LogP contribution < -0.4 is 5.32 Å². The molecule has 2 nitrogen and oxygen atoms in total. The van der Waals surface area contributed by atoms with Gasteiger partial charge in [-0.2, -0.15) is 0 Å². The molecule has 0 spiro atoms. The maximum absolute atomic E-state index is 5.97. The van der Waals surface area contributed by atoms with Crippen molar-refractivity contribution in [3.63, 3.8) is 0 Å². The Bertz CT molecular complexity index is 492. The first-order valence-electron chi connectivity index (χ1n) is 5.68. The lowest BCUT2D eigenvalue weighted by molar-refractivity contribution is 0.458. The number of benzene rings is 1. The van der Waals surface area contributed by atoms with E-state index in [0.29, 0.717) is 0 Å². The van der Waals surface area contributed by atoms with Crippen LogP contribution in [-0.4, -0.2) is 0 Å². The van der Waals surface area contributed by atoms with Crippen molar-refractivity contribution in [1.82, 2.24) is 5.32 Å². The quantitative estimate of drug-likeness (QED) is 0.883. The fourth-order valence-electron chi connectivity index (χ4n) is 1.72. The molecule has 0 amide bonds. The summed E-state index contributed by atoms with van der Waals surface area (Å²) in [4.78, 5) is 0. The van der Waals surface area contributed by atoms with Crippen LogP contribution in [0.15, 0.2) is 41.0 Å². The highest BCUT2D eigenvalue weighted by atomic mass is 35.5. The molecule has 90 valence electrons. The molecule has 1 aromatic carbocycles. The molecule has 0 aliphatic carbocycles. The fraction of sp³-hybridized carbons (Fsp3) is 0.286. The van der Waals surface area contributed by atoms with E-state index < -0.39 is 0 Å². The molecule has 2 aromatic rings. The third kappa shape index (κ3) is 3.11. The van der Waals surface area contributed by atoms with Crippen LogP contribution in [-0.2, 0) is 6.54 Å². The summed E-state index contributed by atoms with van der Waals surface area (Å²) in [5, 5.41) is 4.19. The smallest absolute Gasteiger partial charge is 0.120 e. The minimum atomic E-state index is 0.248. The highest BCUT2D eigenvalue weighted by Crippen LogP contribution is 2.18. The number of hydrogen-bond acceptors (Lipinski definition) is 2. The lowest BCUT2D eigenvalue weighted by Crippen LogP contribution is -2.18. The van der Waals surface area contributed by atoms with Gasteiger partial charge in [0.2, 0.25) is 0 Å². The number of aryl methyl sites for hydroxylation is 1. The van der Waals surface area contributed by atoms with E-state index in [1.54, 1.807) is 6.26 Å². The Balaban J connectivity index is 1.98. The Kier molecular flexibility index (Phi) is 3.87. The molecule has 1 atom stereocenters. The van der Waals surface area contributed by atoms with Crippen LogP contribution in [0.1, 0.15) is 29.9 Å². The monoisotopic (exact) mass is 249 g/mol. The number of nitrogens with one attached hydrogen (secondary N) is 1. The van der Waals surface area contributed by atoms with Gasteiger partial charge in [0.1, 0.15) is 5.76 Å². The molecule has 0 bridgehead atoms. The Morgan fingerprint density at radius 2 is 2.18 bits per heavy atom. The van der Waals surface area contributed by atoms with Crippen molar-refractivity contribution in [3.8, 4) is 0 Å². The summed E-state index contributed by atoms with van der Waals surface area (Å²) in [6.45, 7) is 4.89. The maximum atomic E-state index is 5.97. The summed E-state index contributed by atoms with van der Waals surface area (Å²) in [6.07, 6.45) is 1.72. The van der Waals surface area contributed by atoms with E-state index in [0.717, 1.165) is 17.3 Å². The van der Waals surface area contributed by atoms with Gasteiger partial charge in [-0.1, -0.05) is 23.7 Å². The van der Waals surface area contributed by atoms with E-state index in [4.69, 9.17) is 16.0 Å². The van der Waals surface area contributed by atoms with Crippen molar-refractivity contribution in [3.05, 3.63) is 58.5 Å². The van der Waals surface area contributed by atoms with E-state index in [1.165, 1.54) is 11.1 Å².